The zero-order valence-electron chi connectivity index (χ0n) is 14.7. The lowest BCUT2D eigenvalue weighted by Crippen LogP contribution is -1.95. The van der Waals surface area contributed by atoms with Crippen molar-refractivity contribution in [2.75, 3.05) is 0 Å². The van der Waals surface area contributed by atoms with Crippen molar-refractivity contribution in [2.24, 2.45) is 0 Å². The summed E-state index contributed by atoms with van der Waals surface area (Å²) in [6, 6.07) is 10.2. The van der Waals surface area contributed by atoms with Gasteiger partial charge in [0.2, 0.25) is 0 Å². The molecule has 3 aliphatic carbocycles. The van der Waals surface area contributed by atoms with Gasteiger partial charge in [0.25, 0.3) is 5.57 Å². The van der Waals surface area contributed by atoms with E-state index in [2.05, 4.69) is 91.1 Å². The summed E-state index contributed by atoms with van der Waals surface area (Å²) in [4.78, 5) is 0. The first-order valence-electron chi connectivity index (χ1n) is 9.00. The summed E-state index contributed by atoms with van der Waals surface area (Å²) in [5, 5.41) is 0. The Kier molecular flexibility index (Phi) is 4.81. The Morgan fingerprint density at radius 1 is 0.846 bits per heavy atom. The fourth-order valence-electron chi connectivity index (χ4n) is 3.10. The van der Waals surface area contributed by atoms with E-state index < -0.39 is 0 Å². The van der Waals surface area contributed by atoms with Gasteiger partial charge in [0, 0.05) is 11.1 Å². The largest absolute Gasteiger partial charge is 0.276 e. The standard InChI is InChI=1S/C26H20/c1-3-8-21(9-4-1)18-23-14-16-25(17-15-23)26-13-7-12-24(20-26)19-22-10-5-2-6-11-22/h1,3-11,13-17,20H,2,12H2/q+2. The van der Waals surface area contributed by atoms with Gasteiger partial charge in [-0.05, 0) is 37.1 Å². The van der Waals surface area contributed by atoms with Crippen LogP contribution in [0.2, 0.25) is 0 Å². The topological polar surface area (TPSA) is 0 Å². The summed E-state index contributed by atoms with van der Waals surface area (Å²) >= 11 is 0. The Morgan fingerprint density at radius 2 is 1.69 bits per heavy atom. The molecular weight excluding hydrogens is 312 g/mol. The van der Waals surface area contributed by atoms with E-state index in [1.165, 1.54) is 16.7 Å². The summed E-state index contributed by atoms with van der Waals surface area (Å²) in [5.74, 6) is 0. The van der Waals surface area contributed by atoms with Crippen molar-refractivity contribution in [1.29, 1.82) is 0 Å². The maximum Gasteiger partial charge on any atom is 0.276 e. The first kappa shape index (κ1) is 16.2. The summed E-state index contributed by atoms with van der Waals surface area (Å²) in [6.45, 7) is 0. The summed E-state index contributed by atoms with van der Waals surface area (Å²) < 4.78 is 0. The second kappa shape index (κ2) is 7.72. The predicted molar refractivity (Wildman–Crippen MR) is 109 cm³/mol. The van der Waals surface area contributed by atoms with Crippen LogP contribution in [0.4, 0.5) is 0 Å². The van der Waals surface area contributed by atoms with E-state index in [4.69, 9.17) is 0 Å². The fraction of sp³-hybridized carbons (Fsp3) is 0.0769. The predicted octanol–water partition coefficient (Wildman–Crippen LogP) is 6.32. The molecule has 0 fully saturated rings. The van der Waals surface area contributed by atoms with Crippen molar-refractivity contribution in [3.8, 4) is 0 Å². The molecule has 0 N–H and O–H groups in total. The van der Waals surface area contributed by atoms with Crippen LogP contribution in [0.15, 0.2) is 125 Å². The van der Waals surface area contributed by atoms with Crippen LogP contribution in [-0.2, 0) is 0 Å². The maximum atomic E-state index is 3.52. The van der Waals surface area contributed by atoms with Crippen LogP contribution in [0.5, 0.6) is 0 Å². The van der Waals surface area contributed by atoms with Gasteiger partial charge in [-0.15, -0.1) is 5.73 Å². The minimum absolute atomic E-state index is 0.933. The fourth-order valence-corrected chi connectivity index (χ4v) is 3.10. The minimum atomic E-state index is 0.933. The SMILES string of the molecule is C(=C1C=CCC=C1)=C1C=C(C2=C[CH+]C(=[C+]c3ccccc3)C=C2)C=CC1. The van der Waals surface area contributed by atoms with Gasteiger partial charge in [-0.25, -0.2) is 0 Å². The normalized spacial score (nSPS) is 19.6. The van der Waals surface area contributed by atoms with Crippen LogP contribution in [-0.4, -0.2) is 0 Å². The molecule has 0 saturated heterocycles. The molecule has 0 bridgehead atoms. The highest BCUT2D eigenvalue weighted by Crippen LogP contribution is 2.27. The highest BCUT2D eigenvalue weighted by molar-refractivity contribution is 5.58. The van der Waals surface area contributed by atoms with E-state index >= 15 is 0 Å². The Labute approximate surface area is 156 Å². The van der Waals surface area contributed by atoms with Gasteiger partial charge in [0.15, 0.2) is 0 Å². The number of rotatable bonds is 2. The molecule has 0 nitrogen and oxygen atoms in total. The molecule has 0 aromatic heterocycles. The molecule has 26 heavy (non-hydrogen) atoms. The molecule has 0 atom stereocenters. The van der Waals surface area contributed by atoms with Crippen molar-refractivity contribution in [1.82, 2.24) is 0 Å². The van der Waals surface area contributed by atoms with Crippen molar-refractivity contribution in [3.63, 3.8) is 0 Å². The zero-order chi connectivity index (χ0) is 17.6. The molecular formula is C26H20+2. The van der Waals surface area contributed by atoms with E-state index in [1.54, 1.807) is 0 Å². The summed E-state index contributed by atoms with van der Waals surface area (Å²) in [7, 11) is 0. The van der Waals surface area contributed by atoms with Crippen LogP contribution in [0, 0.1) is 12.5 Å². The average molecular weight is 332 g/mol. The number of benzene rings is 1. The average Bonchev–Trinajstić information content (AvgIpc) is 2.70. The molecule has 122 valence electrons. The molecule has 0 amide bonds. The smallest absolute Gasteiger partial charge is 0.109 e. The minimum Gasteiger partial charge on any atom is -0.109 e. The van der Waals surface area contributed by atoms with Gasteiger partial charge in [0.05, 0.1) is 5.57 Å². The lowest BCUT2D eigenvalue weighted by atomic mass is 9.91. The third kappa shape index (κ3) is 4.02. The van der Waals surface area contributed by atoms with Gasteiger partial charge in [-0.1, -0.05) is 48.6 Å². The van der Waals surface area contributed by atoms with Crippen LogP contribution in [0.3, 0.4) is 0 Å². The summed E-state index contributed by atoms with van der Waals surface area (Å²) in [6.07, 6.45) is 29.2. The molecule has 3 aliphatic rings. The highest BCUT2D eigenvalue weighted by atomic mass is 14.1. The zero-order valence-corrected chi connectivity index (χ0v) is 14.7. The third-order valence-corrected chi connectivity index (χ3v) is 4.42. The molecule has 0 spiro atoms. The molecule has 4 rings (SSSR count). The molecule has 0 heteroatoms. The van der Waals surface area contributed by atoms with E-state index in [0.29, 0.717) is 0 Å². The molecule has 0 radical (unpaired) electrons. The van der Waals surface area contributed by atoms with E-state index in [1.807, 2.05) is 18.2 Å². The Bertz CT molecular complexity index is 946. The molecule has 1 aromatic rings. The molecule has 0 aliphatic heterocycles. The Hall–Kier alpha value is -3.30. The lowest BCUT2D eigenvalue weighted by molar-refractivity contribution is 1.23. The van der Waals surface area contributed by atoms with Crippen LogP contribution in [0.1, 0.15) is 18.4 Å². The van der Waals surface area contributed by atoms with Crippen molar-refractivity contribution in [2.45, 2.75) is 12.8 Å². The van der Waals surface area contributed by atoms with Crippen molar-refractivity contribution < 1.29 is 0 Å². The number of allylic oxidation sites excluding steroid dienone is 14. The van der Waals surface area contributed by atoms with Gasteiger partial charge >= 0.3 is 0 Å². The lowest BCUT2D eigenvalue weighted by Gasteiger charge is -2.05. The van der Waals surface area contributed by atoms with Gasteiger partial charge in [0.1, 0.15) is 41.9 Å². The molecule has 1 aromatic carbocycles. The number of hydrogen-bond donors (Lipinski definition) is 0. The van der Waals surface area contributed by atoms with Gasteiger partial charge in [-0.3, -0.25) is 0 Å². The Morgan fingerprint density at radius 3 is 2.46 bits per heavy atom. The maximum absolute atomic E-state index is 3.52. The van der Waals surface area contributed by atoms with Gasteiger partial charge < -0.3 is 0 Å². The first-order valence-corrected chi connectivity index (χ1v) is 9.00. The Balaban J connectivity index is 1.54. The van der Waals surface area contributed by atoms with Crippen molar-refractivity contribution >= 4 is 0 Å². The highest BCUT2D eigenvalue weighted by Gasteiger charge is 2.22. The van der Waals surface area contributed by atoms with Crippen molar-refractivity contribution in [3.05, 3.63) is 143 Å². The van der Waals surface area contributed by atoms with Crippen LogP contribution >= 0.6 is 0 Å². The first-order chi connectivity index (χ1) is 12.9. The second-order valence-corrected chi connectivity index (χ2v) is 6.42. The van der Waals surface area contributed by atoms with E-state index in [9.17, 15) is 0 Å². The number of hydrogen-bond acceptors (Lipinski definition) is 0. The monoisotopic (exact) mass is 332 g/mol. The second-order valence-electron chi connectivity index (χ2n) is 6.42. The quantitative estimate of drug-likeness (QED) is 0.439. The molecule has 0 unspecified atom stereocenters. The van der Waals surface area contributed by atoms with Gasteiger partial charge in [-0.2, -0.15) is 0 Å². The third-order valence-electron chi connectivity index (χ3n) is 4.42. The molecule has 0 heterocycles. The van der Waals surface area contributed by atoms with E-state index in [-0.39, 0.29) is 0 Å². The summed E-state index contributed by atoms with van der Waals surface area (Å²) in [5.41, 5.74) is 10.5. The molecule has 0 saturated carbocycles. The van der Waals surface area contributed by atoms with E-state index in [0.717, 1.165) is 29.6 Å². The van der Waals surface area contributed by atoms with Crippen LogP contribution < -0.4 is 0 Å². The van der Waals surface area contributed by atoms with Crippen LogP contribution in [0.25, 0.3) is 0 Å².